The maximum absolute atomic E-state index is 8.77. The SMILES string of the molecule is CNc1c(C)cc(OC)c(CC#N)c1C. The lowest BCUT2D eigenvalue weighted by Gasteiger charge is -2.16. The smallest absolute Gasteiger partial charge is 0.123 e. The summed E-state index contributed by atoms with van der Waals surface area (Å²) in [6.45, 7) is 4.03. The van der Waals surface area contributed by atoms with Crippen LogP contribution in [-0.2, 0) is 6.42 Å². The van der Waals surface area contributed by atoms with Crippen LogP contribution in [0.1, 0.15) is 16.7 Å². The van der Waals surface area contributed by atoms with Crippen molar-refractivity contribution in [2.75, 3.05) is 19.5 Å². The number of aryl methyl sites for hydroxylation is 1. The van der Waals surface area contributed by atoms with Gasteiger partial charge in [-0.05, 0) is 31.0 Å². The molecule has 1 aromatic carbocycles. The Hall–Kier alpha value is -1.69. The van der Waals surface area contributed by atoms with Crippen LogP contribution in [0.5, 0.6) is 5.75 Å². The molecule has 0 fully saturated rings. The van der Waals surface area contributed by atoms with Gasteiger partial charge < -0.3 is 10.1 Å². The molecule has 1 rings (SSSR count). The van der Waals surface area contributed by atoms with Crippen molar-refractivity contribution in [2.24, 2.45) is 0 Å². The fourth-order valence-electron chi connectivity index (χ4n) is 1.85. The molecule has 0 saturated carbocycles. The summed E-state index contributed by atoms with van der Waals surface area (Å²) in [5.74, 6) is 0.797. The molecule has 0 atom stereocenters. The highest BCUT2D eigenvalue weighted by Crippen LogP contribution is 2.31. The van der Waals surface area contributed by atoms with Gasteiger partial charge in [-0.25, -0.2) is 0 Å². The molecule has 0 heterocycles. The standard InChI is InChI=1S/C12H16N2O/c1-8-7-11(15-4)10(5-6-13)9(2)12(8)14-3/h7,14H,5H2,1-4H3. The van der Waals surface area contributed by atoms with Crippen LogP contribution in [0.2, 0.25) is 0 Å². The molecule has 0 saturated heterocycles. The van der Waals surface area contributed by atoms with E-state index in [0.717, 1.165) is 28.1 Å². The molecular weight excluding hydrogens is 188 g/mol. The molecule has 1 N–H and O–H groups in total. The number of anilines is 1. The van der Waals surface area contributed by atoms with E-state index in [0.29, 0.717) is 6.42 Å². The van der Waals surface area contributed by atoms with Crippen LogP contribution < -0.4 is 10.1 Å². The molecule has 0 aliphatic heterocycles. The Morgan fingerprint density at radius 2 is 2.13 bits per heavy atom. The predicted octanol–water partition coefficient (Wildman–Crippen LogP) is 2.42. The lowest BCUT2D eigenvalue weighted by Crippen LogP contribution is -2.02. The number of methoxy groups -OCH3 is 1. The Kier molecular flexibility index (Phi) is 3.56. The molecule has 0 bridgehead atoms. The van der Waals surface area contributed by atoms with Gasteiger partial charge in [0.05, 0.1) is 19.6 Å². The number of rotatable bonds is 3. The number of nitrogens with one attached hydrogen (secondary N) is 1. The molecule has 0 aliphatic rings. The zero-order valence-electron chi connectivity index (χ0n) is 9.64. The Bertz CT molecular complexity index is 405. The van der Waals surface area contributed by atoms with E-state index in [1.165, 1.54) is 0 Å². The van der Waals surface area contributed by atoms with Crippen molar-refractivity contribution in [1.82, 2.24) is 0 Å². The molecule has 15 heavy (non-hydrogen) atoms. The molecule has 0 amide bonds. The second-order valence-corrected chi connectivity index (χ2v) is 3.46. The molecule has 1 aromatic rings. The summed E-state index contributed by atoms with van der Waals surface area (Å²) >= 11 is 0. The zero-order valence-corrected chi connectivity index (χ0v) is 9.64. The van der Waals surface area contributed by atoms with Crippen LogP contribution in [-0.4, -0.2) is 14.2 Å². The summed E-state index contributed by atoms with van der Waals surface area (Å²) in [6.07, 6.45) is 0.379. The van der Waals surface area contributed by atoms with Gasteiger partial charge in [-0.15, -0.1) is 0 Å². The highest BCUT2D eigenvalue weighted by atomic mass is 16.5. The van der Waals surface area contributed by atoms with Crippen LogP contribution in [0, 0.1) is 25.2 Å². The molecular formula is C12H16N2O. The normalized spacial score (nSPS) is 9.53. The molecule has 0 aliphatic carbocycles. The summed E-state index contributed by atoms with van der Waals surface area (Å²) in [5.41, 5.74) is 4.28. The quantitative estimate of drug-likeness (QED) is 0.822. The maximum Gasteiger partial charge on any atom is 0.123 e. The van der Waals surface area contributed by atoms with Gasteiger partial charge in [0, 0.05) is 18.3 Å². The van der Waals surface area contributed by atoms with E-state index in [2.05, 4.69) is 11.4 Å². The Labute approximate surface area is 90.7 Å². The fourth-order valence-corrected chi connectivity index (χ4v) is 1.85. The number of hydrogen-bond donors (Lipinski definition) is 1. The van der Waals surface area contributed by atoms with Crippen molar-refractivity contribution in [3.8, 4) is 11.8 Å². The van der Waals surface area contributed by atoms with Crippen molar-refractivity contribution in [3.05, 3.63) is 22.8 Å². The van der Waals surface area contributed by atoms with E-state index in [4.69, 9.17) is 10.00 Å². The number of hydrogen-bond acceptors (Lipinski definition) is 3. The first-order chi connectivity index (χ1) is 7.15. The van der Waals surface area contributed by atoms with E-state index >= 15 is 0 Å². The van der Waals surface area contributed by atoms with E-state index in [-0.39, 0.29) is 0 Å². The second-order valence-electron chi connectivity index (χ2n) is 3.46. The van der Waals surface area contributed by atoms with E-state index < -0.39 is 0 Å². The minimum atomic E-state index is 0.379. The van der Waals surface area contributed by atoms with Crippen molar-refractivity contribution >= 4 is 5.69 Å². The van der Waals surface area contributed by atoms with Crippen LogP contribution >= 0.6 is 0 Å². The lowest BCUT2D eigenvalue weighted by atomic mass is 9.99. The zero-order chi connectivity index (χ0) is 11.4. The van der Waals surface area contributed by atoms with Gasteiger partial charge in [-0.3, -0.25) is 0 Å². The van der Waals surface area contributed by atoms with Crippen molar-refractivity contribution in [3.63, 3.8) is 0 Å². The van der Waals surface area contributed by atoms with Crippen LogP contribution in [0.3, 0.4) is 0 Å². The topological polar surface area (TPSA) is 45.0 Å². The Morgan fingerprint density at radius 3 is 2.60 bits per heavy atom. The molecule has 0 radical (unpaired) electrons. The van der Waals surface area contributed by atoms with Gasteiger partial charge in [0.15, 0.2) is 0 Å². The van der Waals surface area contributed by atoms with Gasteiger partial charge in [0.25, 0.3) is 0 Å². The Balaban J connectivity index is 3.40. The fraction of sp³-hybridized carbons (Fsp3) is 0.417. The van der Waals surface area contributed by atoms with Crippen molar-refractivity contribution < 1.29 is 4.74 Å². The van der Waals surface area contributed by atoms with E-state index in [1.807, 2.05) is 27.0 Å². The third kappa shape index (κ3) is 2.04. The van der Waals surface area contributed by atoms with Gasteiger partial charge in [-0.1, -0.05) is 0 Å². The van der Waals surface area contributed by atoms with Gasteiger partial charge in [-0.2, -0.15) is 5.26 Å². The van der Waals surface area contributed by atoms with Crippen molar-refractivity contribution in [1.29, 1.82) is 5.26 Å². The molecule has 3 heteroatoms. The third-order valence-electron chi connectivity index (χ3n) is 2.59. The average Bonchev–Trinajstić information content (AvgIpc) is 2.22. The molecule has 3 nitrogen and oxygen atoms in total. The summed E-state index contributed by atoms with van der Waals surface area (Å²) < 4.78 is 5.28. The maximum atomic E-state index is 8.77. The van der Waals surface area contributed by atoms with Crippen LogP contribution in [0.25, 0.3) is 0 Å². The van der Waals surface area contributed by atoms with Crippen LogP contribution in [0.15, 0.2) is 6.07 Å². The first kappa shape index (κ1) is 11.4. The third-order valence-corrected chi connectivity index (χ3v) is 2.59. The van der Waals surface area contributed by atoms with Gasteiger partial charge in [0.1, 0.15) is 5.75 Å². The van der Waals surface area contributed by atoms with Gasteiger partial charge in [0.2, 0.25) is 0 Å². The average molecular weight is 204 g/mol. The van der Waals surface area contributed by atoms with Crippen molar-refractivity contribution in [2.45, 2.75) is 20.3 Å². The van der Waals surface area contributed by atoms with E-state index in [1.54, 1.807) is 7.11 Å². The predicted molar refractivity (Wildman–Crippen MR) is 61.3 cm³/mol. The number of benzene rings is 1. The monoisotopic (exact) mass is 204 g/mol. The largest absolute Gasteiger partial charge is 0.496 e. The second kappa shape index (κ2) is 4.70. The number of nitriles is 1. The highest BCUT2D eigenvalue weighted by Gasteiger charge is 2.12. The summed E-state index contributed by atoms with van der Waals surface area (Å²) in [6, 6.07) is 4.13. The van der Waals surface area contributed by atoms with Crippen LogP contribution in [0.4, 0.5) is 5.69 Å². The minimum Gasteiger partial charge on any atom is -0.496 e. The molecule has 0 unspecified atom stereocenters. The molecule has 0 spiro atoms. The van der Waals surface area contributed by atoms with Gasteiger partial charge >= 0.3 is 0 Å². The number of nitrogens with zero attached hydrogens (tertiary/aromatic N) is 1. The summed E-state index contributed by atoms with van der Waals surface area (Å²) in [7, 11) is 3.52. The lowest BCUT2D eigenvalue weighted by molar-refractivity contribution is 0.410. The van der Waals surface area contributed by atoms with E-state index in [9.17, 15) is 0 Å². The summed E-state index contributed by atoms with van der Waals surface area (Å²) in [4.78, 5) is 0. The molecule has 80 valence electrons. The summed E-state index contributed by atoms with van der Waals surface area (Å²) in [5, 5.41) is 11.9. The number of ether oxygens (including phenoxy) is 1. The minimum absolute atomic E-state index is 0.379. The Morgan fingerprint density at radius 1 is 1.47 bits per heavy atom. The highest BCUT2D eigenvalue weighted by molar-refractivity contribution is 5.63. The first-order valence-corrected chi connectivity index (χ1v) is 4.87. The first-order valence-electron chi connectivity index (χ1n) is 4.87. The molecule has 0 aromatic heterocycles.